The number of rotatable bonds is 7. The van der Waals surface area contributed by atoms with Crippen molar-refractivity contribution in [1.29, 1.82) is 0 Å². The average Bonchev–Trinajstić information content (AvgIpc) is 2.29. The van der Waals surface area contributed by atoms with Gasteiger partial charge >= 0.3 is 0 Å². The van der Waals surface area contributed by atoms with Gasteiger partial charge in [-0.15, -0.1) is 11.7 Å². The maximum atomic E-state index is 8.67. The van der Waals surface area contributed by atoms with Gasteiger partial charge in [-0.3, -0.25) is 4.90 Å². The van der Waals surface area contributed by atoms with E-state index in [1.165, 1.54) is 5.56 Å². The van der Waals surface area contributed by atoms with Crippen LogP contribution in [0.1, 0.15) is 19.4 Å². The molecule has 3 heteroatoms. The molecule has 98 valence electrons. The van der Waals surface area contributed by atoms with Crippen LogP contribution < -0.4 is 0 Å². The topological polar surface area (TPSA) is 35.8 Å². The van der Waals surface area contributed by atoms with Crippen molar-refractivity contribution in [3.8, 4) is 0 Å². The zero-order valence-corrected chi connectivity index (χ0v) is 11.2. The normalized spacial score (nSPS) is 12.2. The molecule has 0 aliphatic carbocycles. The Labute approximate surface area is 109 Å². The van der Waals surface area contributed by atoms with Crippen LogP contribution in [-0.2, 0) is 6.54 Å². The van der Waals surface area contributed by atoms with Crippen molar-refractivity contribution >= 4 is 6.21 Å². The zero-order chi connectivity index (χ0) is 13.4. The number of hydrogen-bond acceptors (Lipinski definition) is 3. The van der Waals surface area contributed by atoms with Gasteiger partial charge in [0.1, 0.15) is 0 Å². The lowest BCUT2D eigenvalue weighted by atomic mass is 9.94. The predicted molar refractivity (Wildman–Crippen MR) is 76.0 cm³/mol. The third-order valence-electron chi connectivity index (χ3n) is 2.67. The van der Waals surface area contributed by atoms with E-state index in [1.54, 1.807) is 6.21 Å². The highest BCUT2D eigenvalue weighted by Crippen LogP contribution is 2.16. The number of oxime groups is 1. The summed E-state index contributed by atoms with van der Waals surface area (Å²) in [6, 6.07) is 10.3. The van der Waals surface area contributed by atoms with Crippen LogP contribution in [0.4, 0.5) is 0 Å². The molecular formula is C15H22N2O. The smallest absolute Gasteiger partial charge is 0.0504 e. The Kier molecular flexibility index (Phi) is 5.59. The Morgan fingerprint density at radius 1 is 1.33 bits per heavy atom. The van der Waals surface area contributed by atoms with E-state index in [0.29, 0.717) is 0 Å². The Morgan fingerprint density at radius 3 is 2.56 bits per heavy atom. The summed E-state index contributed by atoms with van der Waals surface area (Å²) in [4.78, 5) is 2.28. The molecule has 0 aliphatic heterocycles. The Balaban J connectivity index is 2.68. The van der Waals surface area contributed by atoms with Crippen molar-refractivity contribution < 1.29 is 5.21 Å². The molecule has 1 aromatic rings. The first kappa shape index (κ1) is 14.5. The molecule has 1 aromatic carbocycles. The van der Waals surface area contributed by atoms with E-state index in [2.05, 4.69) is 28.8 Å². The van der Waals surface area contributed by atoms with Crippen LogP contribution >= 0.6 is 0 Å². The van der Waals surface area contributed by atoms with E-state index in [9.17, 15) is 0 Å². The lowest BCUT2D eigenvalue weighted by Gasteiger charge is -2.29. The SMILES string of the molecule is C=CCN(Cc1ccccc1)CC(C)(C)/C=N/O. The molecule has 0 aliphatic rings. The molecular weight excluding hydrogens is 224 g/mol. The van der Waals surface area contributed by atoms with Crippen molar-refractivity contribution in [3.05, 3.63) is 48.6 Å². The van der Waals surface area contributed by atoms with Gasteiger partial charge in [0.05, 0.1) is 6.21 Å². The van der Waals surface area contributed by atoms with Gasteiger partial charge in [0.2, 0.25) is 0 Å². The fourth-order valence-electron chi connectivity index (χ4n) is 1.98. The summed E-state index contributed by atoms with van der Waals surface area (Å²) in [5, 5.41) is 11.8. The number of nitrogens with zero attached hydrogens (tertiary/aromatic N) is 2. The Hall–Kier alpha value is -1.61. The molecule has 1 N–H and O–H groups in total. The summed E-state index contributed by atoms with van der Waals surface area (Å²) in [6.45, 7) is 10.4. The lowest BCUT2D eigenvalue weighted by molar-refractivity contribution is 0.230. The molecule has 0 unspecified atom stereocenters. The molecule has 0 saturated heterocycles. The van der Waals surface area contributed by atoms with Gasteiger partial charge in [0.25, 0.3) is 0 Å². The first-order chi connectivity index (χ1) is 8.57. The summed E-state index contributed by atoms with van der Waals surface area (Å²) in [5.74, 6) is 0. The molecule has 0 spiro atoms. The minimum absolute atomic E-state index is 0.160. The van der Waals surface area contributed by atoms with E-state index in [-0.39, 0.29) is 5.41 Å². The molecule has 0 radical (unpaired) electrons. The summed E-state index contributed by atoms with van der Waals surface area (Å²) >= 11 is 0. The van der Waals surface area contributed by atoms with Gasteiger partial charge in [-0.1, -0.05) is 50.3 Å². The standard InChI is InChI=1S/C15H22N2O/c1-4-10-17(13-15(2,3)12-16-18)11-14-8-6-5-7-9-14/h4-9,12,18H,1,10-11,13H2,2-3H3/b16-12+. The van der Waals surface area contributed by atoms with Crippen molar-refractivity contribution in [3.63, 3.8) is 0 Å². The van der Waals surface area contributed by atoms with E-state index < -0.39 is 0 Å². The van der Waals surface area contributed by atoms with Crippen LogP contribution in [-0.4, -0.2) is 29.4 Å². The lowest BCUT2D eigenvalue weighted by Crippen LogP contribution is -2.35. The molecule has 0 bridgehead atoms. The van der Waals surface area contributed by atoms with Crippen LogP contribution in [0.25, 0.3) is 0 Å². The van der Waals surface area contributed by atoms with Crippen LogP contribution in [0.15, 0.2) is 48.1 Å². The maximum Gasteiger partial charge on any atom is 0.0504 e. The quantitative estimate of drug-likeness (QED) is 0.347. The van der Waals surface area contributed by atoms with Crippen LogP contribution in [0.5, 0.6) is 0 Å². The van der Waals surface area contributed by atoms with Gasteiger partial charge in [0, 0.05) is 25.0 Å². The second-order valence-corrected chi connectivity index (χ2v) is 5.18. The minimum atomic E-state index is -0.160. The predicted octanol–water partition coefficient (Wildman–Crippen LogP) is 3.16. The van der Waals surface area contributed by atoms with Gasteiger partial charge < -0.3 is 5.21 Å². The number of hydrogen-bond donors (Lipinski definition) is 1. The van der Waals surface area contributed by atoms with Gasteiger partial charge in [-0.25, -0.2) is 0 Å². The van der Waals surface area contributed by atoms with Crippen molar-refractivity contribution in [2.24, 2.45) is 10.6 Å². The molecule has 0 heterocycles. The highest BCUT2D eigenvalue weighted by Gasteiger charge is 2.19. The molecule has 3 nitrogen and oxygen atoms in total. The van der Waals surface area contributed by atoms with Crippen LogP contribution in [0.3, 0.4) is 0 Å². The molecule has 0 atom stereocenters. The highest BCUT2D eigenvalue weighted by atomic mass is 16.4. The van der Waals surface area contributed by atoms with Crippen LogP contribution in [0.2, 0.25) is 0 Å². The number of benzene rings is 1. The van der Waals surface area contributed by atoms with E-state index in [4.69, 9.17) is 5.21 Å². The van der Waals surface area contributed by atoms with E-state index in [1.807, 2.05) is 38.1 Å². The van der Waals surface area contributed by atoms with Gasteiger partial charge in [0.15, 0.2) is 0 Å². The van der Waals surface area contributed by atoms with Crippen molar-refractivity contribution in [1.82, 2.24) is 4.90 Å². The van der Waals surface area contributed by atoms with Gasteiger partial charge in [-0.05, 0) is 5.56 Å². The molecule has 0 saturated carbocycles. The second kappa shape index (κ2) is 6.97. The summed E-state index contributed by atoms with van der Waals surface area (Å²) < 4.78 is 0. The van der Waals surface area contributed by atoms with Crippen molar-refractivity contribution in [2.75, 3.05) is 13.1 Å². The van der Waals surface area contributed by atoms with Gasteiger partial charge in [-0.2, -0.15) is 0 Å². The highest BCUT2D eigenvalue weighted by molar-refractivity contribution is 5.64. The second-order valence-electron chi connectivity index (χ2n) is 5.18. The average molecular weight is 246 g/mol. The van der Waals surface area contributed by atoms with Crippen LogP contribution in [0, 0.1) is 5.41 Å². The first-order valence-electron chi connectivity index (χ1n) is 6.13. The molecule has 18 heavy (non-hydrogen) atoms. The van der Waals surface area contributed by atoms with E-state index in [0.717, 1.165) is 19.6 Å². The monoisotopic (exact) mass is 246 g/mol. The fourth-order valence-corrected chi connectivity index (χ4v) is 1.98. The molecule has 0 fully saturated rings. The summed E-state index contributed by atoms with van der Waals surface area (Å²) in [5.41, 5.74) is 1.11. The fraction of sp³-hybridized carbons (Fsp3) is 0.400. The Bertz CT molecular complexity index is 385. The molecule has 1 rings (SSSR count). The molecule has 0 amide bonds. The van der Waals surface area contributed by atoms with Crippen molar-refractivity contribution in [2.45, 2.75) is 20.4 Å². The summed E-state index contributed by atoms with van der Waals surface area (Å²) in [7, 11) is 0. The zero-order valence-electron chi connectivity index (χ0n) is 11.2. The minimum Gasteiger partial charge on any atom is -0.411 e. The Morgan fingerprint density at radius 2 is 2.00 bits per heavy atom. The third-order valence-corrected chi connectivity index (χ3v) is 2.67. The molecule has 0 aromatic heterocycles. The maximum absolute atomic E-state index is 8.67. The summed E-state index contributed by atoms with van der Waals surface area (Å²) in [6.07, 6.45) is 3.48. The third kappa shape index (κ3) is 5.15. The largest absolute Gasteiger partial charge is 0.411 e. The van der Waals surface area contributed by atoms with E-state index >= 15 is 0 Å². The first-order valence-corrected chi connectivity index (χ1v) is 6.13.